The molecule has 0 saturated carbocycles. The summed E-state index contributed by atoms with van der Waals surface area (Å²) in [6.07, 6.45) is 2.02. The predicted octanol–water partition coefficient (Wildman–Crippen LogP) is 2.07. The maximum atomic E-state index is 13.4. The summed E-state index contributed by atoms with van der Waals surface area (Å²) < 4.78 is 18.7. The SMILES string of the molecule is CN(Cc1cc(F)ccc1C(N)=S)C1CCOCC1. The van der Waals surface area contributed by atoms with Crippen molar-refractivity contribution in [3.63, 3.8) is 0 Å². The van der Waals surface area contributed by atoms with Crippen LogP contribution in [0.5, 0.6) is 0 Å². The highest BCUT2D eigenvalue weighted by atomic mass is 32.1. The molecule has 5 heteroatoms. The first-order valence-electron chi connectivity index (χ1n) is 6.44. The lowest BCUT2D eigenvalue weighted by Gasteiger charge is -2.31. The van der Waals surface area contributed by atoms with E-state index in [4.69, 9.17) is 22.7 Å². The molecule has 1 aromatic rings. The van der Waals surface area contributed by atoms with Gasteiger partial charge in [0.15, 0.2) is 0 Å². The quantitative estimate of drug-likeness (QED) is 0.858. The van der Waals surface area contributed by atoms with Gasteiger partial charge in [0.1, 0.15) is 10.8 Å². The molecule has 3 nitrogen and oxygen atoms in total. The minimum Gasteiger partial charge on any atom is -0.389 e. The van der Waals surface area contributed by atoms with Crippen molar-refractivity contribution in [2.45, 2.75) is 25.4 Å². The Bertz CT molecular complexity index is 461. The zero-order valence-electron chi connectivity index (χ0n) is 11.1. The minimum absolute atomic E-state index is 0.254. The van der Waals surface area contributed by atoms with Crippen LogP contribution in [0.3, 0.4) is 0 Å². The van der Waals surface area contributed by atoms with Gasteiger partial charge in [-0.2, -0.15) is 0 Å². The molecular formula is C14H19FN2OS. The number of hydrogen-bond acceptors (Lipinski definition) is 3. The first-order valence-corrected chi connectivity index (χ1v) is 6.85. The Hall–Kier alpha value is -1.04. The van der Waals surface area contributed by atoms with Crippen LogP contribution in [0.15, 0.2) is 18.2 Å². The summed E-state index contributed by atoms with van der Waals surface area (Å²) in [5, 5.41) is 0. The van der Waals surface area contributed by atoms with Gasteiger partial charge < -0.3 is 10.5 Å². The van der Waals surface area contributed by atoms with Crippen molar-refractivity contribution in [1.29, 1.82) is 0 Å². The standard InChI is InChI=1S/C14H19FN2OS/c1-17(12-4-6-18-7-5-12)9-10-8-11(15)2-3-13(10)14(16)19/h2-3,8,12H,4-7,9H2,1H3,(H2,16,19). The average molecular weight is 282 g/mol. The molecule has 0 radical (unpaired) electrons. The van der Waals surface area contributed by atoms with Crippen LogP contribution in [-0.2, 0) is 11.3 Å². The summed E-state index contributed by atoms with van der Waals surface area (Å²) in [4.78, 5) is 2.54. The van der Waals surface area contributed by atoms with Gasteiger partial charge >= 0.3 is 0 Å². The van der Waals surface area contributed by atoms with Crippen molar-refractivity contribution in [3.8, 4) is 0 Å². The van der Waals surface area contributed by atoms with Crippen LogP contribution in [0.1, 0.15) is 24.0 Å². The molecule has 19 heavy (non-hydrogen) atoms. The second-order valence-electron chi connectivity index (χ2n) is 4.92. The molecule has 1 aliphatic heterocycles. The van der Waals surface area contributed by atoms with Crippen molar-refractivity contribution in [2.75, 3.05) is 20.3 Å². The van der Waals surface area contributed by atoms with Gasteiger partial charge in [-0.05, 0) is 43.7 Å². The van der Waals surface area contributed by atoms with Crippen LogP contribution in [0, 0.1) is 5.82 Å². The lowest BCUT2D eigenvalue weighted by atomic mass is 10.0. The van der Waals surface area contributed by atoms with Crippen molar-refractivity contribution >= 4 is 17.2 Å². The molecule has 0 aliphatic carbocycles. The summed E-state index contributed by atoms with van der Waals surface area (Å²) in [5.41, 5.74) is 7.30. The van der Waals surface area contributed by atoms with E-state index < -0.39 is 0 Å². The first kappa shape index (κ1) is 14.4. The molecule has 1 heterocycles. The number of nitrogens with zero attached hydrogens (tertiary/aromatic N) is 1. The second-order valence-corrected chi connectivity index (χ2v) is 5.36. The van der Waals surface area contributed by atoms with E-state index in [0.717, 1.165) is 37.2 Å². The summed E-state index contributed by atoms with van der Waals surface area (Å²) in [7, 11) is 2.05. The number of nitrogens with two attached hydrogens (primary N) is 1. The molecule has 0 aromatic heterocycles. The monoisotopic (exact) mass is 282 g/mol. The van der Waals surface area contributed by atoms with Crippen LogP contribution in [0.2, 0.25) is 0 Å². The van der Waals surface area contributed by atoms with Crippen LogP contribution < -0.4 is 5.73 Å². The van der Waals surface area contributed by atoms with Crippen LogP contribution >= 0.6 is 12.2 Å². The minimum atomic E-state index is -0.254. The van der Waals surface area contributed by atoms with E-state index in [-0.39, 0.29) is 5.82 Å². The van der Waals surface area contributed by atoms with E-state index in [9.17, 15) is 4.39 Å². The Morgan fingerprint density at radius 2 is 2.16 bits per heavy atom. The Labute approximate surface area is 118 Å². The molecule has 1 aliphatic rings. The maximum absolute atomic E-state index is 13.4. The van der Waals surface area contributed by atoms with Crippen molar-refractivity contribution < 1.29 is 9.13 Å². The van der Waals surface area contributed by atoms with E-state index in [1.54, 1.807) is 6.07 Å². The molecule has 0 amide bonds. The fourth-order valence-corrected chi connectivity index (χ4v) is 2.66. The highest BCUT2D eigenvalue weighted by molar-refractivity contribution is 7.80. The third kappa shape index (κ3) is 3.72. The van der Waals surface area contributed by atoms with Gasteiger partial charge in [0, 0.05) is 31.4 Å². The highest BCUT2D eigenvalue weighted by Crippen LogP contribution is 2.18. The highest BCUT2D eigenvalue weighted by Gasteiger charge is 2.19. The van der Waals surface area contributed by atoms with Gasteiger partial charge in [-0.3, -0.25) is 4.90 Å². The van der Waals surface area contributed by atoms with Crippen molar-refractivity contribution in [1.82, 2.24) is 4.90 Å². The van der Waals surface area contributed by atoms with E-state index in [1.807, 2.05) is 7.05 Å². The Kier molecular flexibility index (Phi) is 4.85. The number of ether oxygens (including phenoxy) is 1. The Morgan fingerprint density at radius 3 is 2.79 bits per heavy atom. The third-order valence-electron chi connectivity index (χ3n) is 3.57. The fraction of sp³-hybridized carbons (Fsp3) is 0.500. The normalized spacial score (nSPS) is 16.8. The van der Waals surface area contributed by atoms with Gasteiger partial charge in [-0.25, -0.2) is 4.39 Å². The molecule has 1 saturated heterocycles. The summed E-state index contributed by atoms with van der Waals surface area (Å²) >= 11 is 5.02. The average Bonchev–Trinajstić information content (AvgIpc) is 2.39. The van der Waals surface area contributed by atoms with Gasteiger partial charge in [0.2, 0.25) is 0 Å². The van der Waals surface area contributed by atoms with Gasteiger partial charge in [-0.1, -0.05) is 12.2 Å². The molecule has 104 valence electrons. The lowest BCUT2D eigenvalue weighted by Crippen LogP contribution is -2.36. The number of benzene rings is 1. The molecule has 2 rings (SSSR count). The van der Waals surface area contributed by atoms with E-state index in [1.165, 1.54) is 12.1 Å². The van der Waals surface area contributed by atoms with E-state index in [0.29, 0.717) is 17.6 Å². The Morgan fingerprint density at radius 1 is 1.47 bits per heavy atom. The first-order chi connectivity index (χ1) is 9.08. The number of hydrogen-bond donors (Lipinski definition) is 1. The van der Waals surface area contributed by atoms with Crippen molar-refractivity contribution in [2.24, 2.45) is 5.73 Å². The molecule has 0 spiro atoms. The topological polar surface area (TPSA) is 38.5 Å². The summed E-state index contributed by atoms with van der Waals surface area (Å²) in [5.74, 6) is -0.254. The zero-order chi connectivity index (χ0) is 13.8. The van der Waals surface area contributed by atoms with E-state index >= 15 is 0 Å². The zero-order valence-corrected chi connectivity index (χ0v) is 11.9. The molecule has 1 fully saturated rings. The smallest absolute Gasteiger partial charge is 0.123 e. The van der Waals surface area contributed by atoms with Gasteiger partial charge in [0.05, 0.1) is 0 Å². The molecular weight excluding hydrogens is 263 g/mol. The summed E-state index contributed by atoms with van der Waals surface area (Å²) in [6, 6.07) is 5.04. The molecule has 1 aromatic carbocycles. The number of thiocarbonyl (C=S) groups is 1. The van der Waals surface area contributed by atoms with E-state index in [2.05, 4.69) is 4.90 Å². The predicted molar refractivity (Wildman–Crippen MR) is 77.6 cm³/mol. The third-order valence-corrected chi connectivity index (χ3v) is 3.79. The largest absolute Gasteiger partial charge is 0.389 e. The van der Waals surface area contributed by atoms with Gasteiger partial charge in [0.25, 0.3) is 0 Å². The number of rotatable bonds is 4. The van der Waals surface area contributed by atoms with Gasteiger partial charge in [-0.15, -0.1) is 0 Å². The molecule has 0 bridgehead atoms. The number of halogens is 1. The maximum Gasteiger partial charge on any atom is 0.123 e. The fourth-order valence-electron chi connectivity index (χ4n) is 2.46. The lowest BCUT2D eigenvalue weighted by molar-refractivity contribution is 0.0406. The second kappa shape index (κ2) is 6.41. The van der Waals surface area contributed by atoms with Crippen molar-refractivity contribution in [3.05, 3.63) is 35.1 Å². The molecule has 0 unspecified atom stereocenters. The molecule has 0 atom stereocenters. The van der Waals surface area contributed by atoms with Crippen LogP contribution in [0.25, 0.3) is 0 Å². The molecule has 2 N–H and O–H groups in total. The van der Waals surface area contributed by atoms with Crippen LogP contribution in [0.4, 0.5) is 4.39 Å². The van der Waals surface area contributed by atoms with Crippen LogP contribution in [-0.4, -0.2) is 36.2 Å². The summed E-state index contributed by atoms with van der Waals surface area (Å²) in [6.45, 7) is 2.23. The Balaban J connectivity index is 2.12.